The second-order valence-corrected chi connectivity index (χ2v) is 2.85. The molecule has 0 bridgehead atoms. The number of nitrogens with two attached hydrogens (primary N) is 1. The lowest BCUT2D eigenvalue weighted by molar-refractivity contribution is 0.319. The van der Waals surface area contributed by atoms with E-state index >= 15 is 0 Å². The molecule has 1 aliphatic rings. The average molecular weight is 210 g/mol. The molecule has 9 heavy (non-hydrogen) atoms. The molecule has 0 amide bonds. The summed E-state index contributed by atoms with van der Waals surface area (Å²) in [6, 6.07) is 0. The first-order chi connectivity index (χ1) is 4.18. The largest absolute Gasteiger partial charge is 0.274 e. The van der Waals surface area contributed by atoms with Gasteiger partial charge in [0, 0.05) is 4.48 Å². The van der Waals surface area contributed by atoms with Crippen molar-refractivity contribution in [3.63, 3.8) is 0 Å². The van der Waals surface area contributed by atoms with E-state index in [0.717, 1.165) is 4.48 Å². The second-order valence-electron chi connectivity index (χ2n) is 1.53. The maximum Gasteiger partial charge on any atom is 0.123 e. The molecule has 0 aliphatic carbocycles. The van der Waals surface area contributed by atoms with E-state index in [2.05, 4.69) is 21.4 Å². The molecule has 0 aromatic heterocycles. The van der Waals surface area contributed by atoms with Crippen LogP contribution in [0.25, 0.3) is 0 Å². The van der Waals surface area contributed by atoms with Gasteiger partial charge in [-0.05, 0) is 22.0 Å². The van der Waals surface area contributed by atoms with Crippen molar-refractivity contribution in [3.05, 3.63) is 21.9 Å². The minimum Gasteiger partial charge on any atom is -0.274 e. The molecule has 5 heteroatoms. The van der Waals surface area contributed by atoms with Crippen LogP contribution in [0, 0.1) is 0 Å². The van der Waals surface area contributed by atoms with Crippen LogP contribution < -0.4 is 11.3 Å². The topological polar surface area (TPSA) is 41.3 Å². The zero-order valence-corrected chi connectivity index (χ0v) is 6.78. The van der Waals surface area contributed by atoms with E-state index in [9.17, 15) is 0 Å². The Balaban J connectivity index is 2.74. The van der Waals surface area contributed by atoms with Gasteiger partial charge < -0.3 is 0 Å². The summed E-state index contributed by atoms with van der Waals surface area (Å²) in [4.78, 5) is 0. The maximum absolute atomic E-state index is 5.56. The highest BCUT2D eigenvalue weighted by Gasteiger charge is 2.02. The van der Waals surface area contributed by atoms with Crippen molar-refractivity contribution in [2.24, 2.45) is 5.84 Å². The lowest BCUT2D eigenvalue weighted by atomic mass is 10.5. The third-order valence-corrected chi connectivity index (χ3v) is 1.39. The van der Waals surface area contributed by atoms with Gasteiger partial charge in [-0.2, -0.15) is 0 Å². The normalized spacial score (nSPS) is 18.3. The standard InChI is InChI=1S/C4H5BrClN3/c5-3-1-4(6)8-9(7)2-3/h1-2,8H,7H2. The SMILES string of the molecule is NN1C=C(Br)C=C(Cl)N1. The van der Waals surface area contributed by atoms with Gasteiger partial charge in [-0.25, -0.2) is 11.0 Å². The van der Waals surface area contributed by atoms with E-state index in [1.54, 1.807) is 12.3 Å². The number of hydrazine groups is 2. The monoisotopic (exact) mass is 209 g/mol. The molecule has 0 saturated heterocycles. The summed E-state index contributed by atoms with van der Waals surface area (Å²) >= 11 is 8.77. The van der Waals surface area contributed by atoms with E-state index in [-0.39, 0.29) is 0 Å². The Labute approximate surface area is 66.2 Å². The summed E-state index contributed by atoms with van der Waals surface area (Å²) in [5.74, 6) is 5.31. The van der Waals surface area contributed by atoms with Crippen LogP contribution in [0.1, 0.15) is 0 Å². The van der Waals surface area contributed by atoms with Gasteiger partial charge in [-0.15, -0.1) is 0 Å². The quantitative estimate of drug-likeness (QED) is 0.463. The third kappa shape index (κ3) is 1.89. The predicted molar refractivity (Wildman–Crippen MR) is 40.1 cm³/mol. The lowest BCUT2D eigenvalue weighted by Crippen LogP contribution is -2.39. The first-order valence-corrected chi connectivity index (χ1v) is 3.40. The number of hydrogen-bond acceptors (Lipinski definition) is 3. The molecule has 0 saturated carbocycles. The number of allylic oxidation sites excluding steroid dienone is 2. The molecule has 1 heterocycles. The molecule has 0 aromatic rings. The van der Waals surface area contributed by atoms with Crippen LogP contribution in [-0.4, -0.2) is 5.12 Å². The summed E-state index contributed by atoms with van der Waals surface area (Å²) in [7, 11) is 0. The zero-order chi connectivity index (χ0) is 6.85. The predicted octanol–water partition coefficient (Wildman–Crippen LogP) is 0.997. The maximum atomic E-state index is 5.56. The minimum atomic E-state index is 0.492. The molecule has 0 spiro atoms. The van der Waals surface area contributed by atoms with Gasteiger partial charge in [-0.3, -0.25) is 5.43 Å². The van der Waals surface area contributed by atoms with Crippen LogP contribution >= 0.6 is 27.5 Å². The highest BCUT2D eigenvalue weighted by atomic mass is 79.9. The molecule has 50 valence electrons. The number of rotatable bonds is 0. The van der Waals surface area contributed by atoms with Crippen molar-refractivity contribution in [1.29, 1.82) is 0 Å². The van der Waals surface area contributed by atoms with Gasteiger partial charge in [0.1, 0.15) is 5.16 Å². The Hall–Kier alpha value is -0.190. The van der Waals surface area contributed by atoms with Crippen molar-refractivity contribution in [2.45, 2.75) is 0 Å². The summed E-state index contributed by atoms with van der Waals surface area (Å²) in [6.45, 7) is 0. The van der Waals surface area contributed by atoms with Crippen molar-refractivity contribution in [2.75, 3.05) is 0 Å². The van der Waals surface area contributed by atoms with Crippen LogP contribution in [-0.2, 0) is 0 Å². The average Bonchev–Trinajstić information content (AvgIpc) is 1.59. The summed E-state index contributed by atoms with van der Waals surface area (Å²) < 4.78 is 0.841. The molecule has 1 rings (SSSR count). The molecule has 0 radical (unpaired) electrons. The number of halogens is 2. The first-order valence-electron chi connectivity index (χ1n) is 2.23. The van der Waals surface area contributed by atoms with Gasteiger partial charge in [-0.1, -0.05) is 11.6 Å². The number of nitrogens with zero attached hydrogens (tertiary/aromatic N) is 1. The fourth-order valence-corrected chi connectivity index (χ4v) is 1.28. The van der Waals surface area contributed by atoms with E-state index < -0.39 is 0 Å². The van der Waals surface area contributed by atoms with Gasteiger partial charge >= 0.3 is 0 Å². The Kier molecular flexibility index (Phi) is 2.00. The van der Waals surface area contributed by atoms with Crippen molar-refractivity contribution >= 4 is 27.5 Å². The molecular weight excluding hydrogens is 205 g/mol. The van der Waals surface area contributed by atoms with Crippen LogP contribution in [0.2, 0.25) is 0 Å². The Morgan fingerprint density at radius 2 is 2.44 bits per heavy atom. The van der Waals surface area contributed by atoms with Crippen molar-refractivity contribution in [3.8, 4) is 0 Å². The third-order valence-electron chi connectivity index (χ3n) is 0.763. The van der Waals surface area contributed by atoms with Crippen LogP contribution in [0.3, 0.4) is 0 Å². The van der Waals surface area contributed by atoms with E-state index in [1.807, 2.05) is 0 Å². The van der Waals surface area contributed by atoms with Crippen LogP contribution in [0.4, 0.5) is 0 Å². The van der Waals surface area contributed by atoms with Gasteiger partial charge in [0.25, 0.3) is 0 Å². The Morgan fingerprint density at radius 1 is 1.78 bits per heavy atom. The number of hydrogen-bond donors (Lipinski definition) is 2. The molecule has 3 nitrogen and oxygen atoms in total. The molecule has 0 atom stereocenters. The van der Waals surface area contributed by atoms with E-state index in [1.165, 1.54) is 5.12 Å². The molecule has 0 unspecified atom stereocenters. The Bertz CT molecular complexity index is 177. The fourth-order valence-electron chi connectivity index (χ4n) is 0.479. The van der Waals surface area contributed by atoms with Crippen LogP contribution in [0.5, 0.6) is 0 Å². The molecule has 3 N–H and O–H groups in total. The number of nitrogens with one attached hydrogen (secondary N) is 1. The summed E-state index contributed by atoms with van der Waals surface area (Å²) in [6.07, 6.45) is 3.37. The molecule has 0 fully saturated rings. The minimum absolute atomic E-state index is 0.492. The van der Waals surface area contributed by atoms with E-state index in [4.69, 9.17) is 17.4 Å². The van der Waals surface area contributed by atoms with Gasteiger partial charge in [0.15, 0.2) is 0 Å². The molecular formula is C4H5BrClN3. The smallest absolute Gasteiger partial charge is 0.123 e. The molecule has 0 aromatic carbocycles. The van der Waals surface area contributed by atoms with Crippen molar-refractivity contribution < 1.29 is 0 Å². The summed E-state index contributed by atoms with van der Waals surface area (Å²) in [5.41, 5.74) is 2.64. The summed E-state index contributed by atoms with van der Waals surface area (Å²) in [5, 5.41) is 1.76. The molecule has 1 aliphatic heterocycles. The Morgan fingerprint density at radius 3 is 2.89 bits per heavy atom. The zero-order valence-electron chi connectivity index (χ0n) is 4.44. The van der Waals surface area contributed by atoms with Crippen LogP contribution in [0.15, 0.2) is 21.9 Å². The fraction of sp³-hybridized carbons (Fsp3) is 0. The van der Waals surface area contributed by atoms with E-state index in [0.29, 0.717) is 5.16 Å². The second kappa shape index (κ2) is 2.60. The highest BCUT2D eigenvalue weighted by molar-refractivity contribution is 9.11. The van der Waals surface area contributed by atoms with Gasteiger partial charge in [0.05, 0.1) is 6.20 Å². The first kappa shape index (κ1) is 6.92. The van der Waals surface area contributed by atoms with Crippen molar-refractivity contribution in [1.82, 2.24) is 10.5 Å². The van der Waals surface area contributed by atoms with Gasteiger partial charge in [0.2, 0.25) is 0 Å². The highest BCUT2D eigenvalue weighted by Crippen LogP contribution is 2.14. The lowest BCUT2D eigenvalue weighted by Gasteiger charge is -2.19.